The van der Waals surface area contributed by atoms with Crippen LogP contribution in [-0.4, -0.2) is 49.1 Å². The fraction of sp³-hybridized carbons (Fsp3) is 0.368. The molecule has 1 fully saturated rings. The number of morpholine rings is 1. The smallest absolute Gasteiger partial charge is 0.242 e. The van der Waals surface area contributed by atoms with E-state index in [4.69, 9.17) is 4.74 Å². The Morgan fingerprint density at radius 3 is 2.83 bits per heavy atom. The van der Waals surface area contributed by atoms with E-state index in [-0.39, 0.29) is 30.9 Å². The molecule has 1 N–H and O–H groups in total. The highest BCUT2D eigenvalue weighted by Gasteiger charge is 2.21. The van der Waals surface area contributed by atoms with E-state index < -0.39 is 0 Å². The van der Waals surface area contributed by atoms with Crippen molar-refractivity contribution in [3.05, 3.63) is 48.0 Å². The van der Waals surface area contributed by atoms with E-state index >= 15 is 0 Å². The summed E-state index contributed by atoms with van der Waals surface area (Å²) in [5.74, 6) is -0.197. The van der Waals surface area contributed by atoms with Crippen LogP contribution >= 0.6 is 0 Å². The van der Waals surface area contributed by atoms with Crippen LogP contribution in [0.2, 0.25) is 0 Å². The number of carbonyl (C=O) groups is 2. The van der Waals surface area contributed by atoms with Crippen LogP contribution in [-0.2, 0) is 20.7 Å². The molecular formula is C19H22N2O3. The summed E-state index contributed by atoms with van der Waals surface area (Å²) in [7, 11) is 0. The Kier molecular flexibility index (Phi) is 5.11. The maximum atomic E-state index is 12.2. The van der Waals surface area contributed by atoms with Gasteiger partial charge in [-0.1, -0.05) is 42.5 Å². The van der Waals surface area contributed by atoms with Gasteiger partial charge in [-0.05, 0) is 23.3 Å². The highest BCUT2D eigenvalue weighted by molar-refractivity contribution is 5.91. The number of fused-ring (bicyclic) bond motifs is 1. The molecule has 0 spiro atoms. The van der Waals surface area contributed by atoms with E-state index in [0.29, 0.717) is 19.7 Å². The van der Waals surface area contributed by atoms with Gasteiger partial charge in [0.15, 0.2) is 0 Å². The standard InChI is InChI=1S/C19H22N2O3/c1-14-13-21(9-10-24-14)19(23)12-20-18(22)11-16-7-4-6-15-5-2-3-8-17(15)16/h2-8,14H,9-13H2,1H3,(H,20,22)/t14-/m1/s1. The summed E-state index contributed by atoms with van der Waals surface area (Å²) >= 11 is 0. The Bertz CT molecular complexity index is 739. The zero-order chi connectivity index (χ0) is 16.9. The van der Waals surface area contributed by atoms with Gasteiger partial charge in [0.2, 0.25) is 11.8 Å². The molecule has 0 radical (unpaired) electrons. The number of amides is 2. The third kappa shape index (κ3) is 3.92. The second-order valence-electron chi connectivity index (χ2n) is 6.11. The van der Waals surface area contributed by atoms with Crippen LogP contribution in [0.5, 0.6) is 0 Å². The van der Waals surface area contributed by atoms with Gasteiger partial charge in [-0.15, -0.1) is 0 Å². The van der Waals surface area contributed by atoms with Gasteiger partial charge in [0.25, 0.3) is 0 Å². The van der Waals surface area contributed by atoms with Crippen molar-refractivity contribution in [2.45, 2.75) is 19.4 Å². The van der Waals surface area contributed by atoms with Crippen molar-refractivity contribution in [2.75, 3.05) is 26.2 Å². The lowest BCUT2D eigenvalue weighted by Gasteiger charge is -2.31. The average molecular weight is 326 g/mol. The number of hydrogen-bond donors (Lipinski definition) is 1. The van der Waals surface area contributed by atoms with Crippen LogP contribution in [0.15, 0.2) is 42.5 Å². The number of hydrogen-bond acceptors (Lipinski definition) is 3. The van der Waals surface area contributed by atoms with Crippen LogP contribution < -0.4 is 5.32 Å². The van der Waals surface area contributed by atoms with E-state index in [1.807, 2.05) is 49.4 Å². The lowest BCUT2D eigenvalue weighted by molar-refractivity contribution is -0.138. The van der Waals surface area contributed by atoms with Gasteiger partial charge in [-0.2, -0.15) is 0 Å². The van der Waals surface area contributed by atoms with E-state index in [0.717, 1.165) is 16.3 Å². The first-order valence-corrected chi connectivity index (χ1v) is 8.26. The van der Waals surface area contributed by atoms with Crippen LogP contribution in [0.3, 0.4) is 0 Å². The summed E-state index contributed by atoms with van der Waals surface area (Å²) < 4.78 is 5.42. The molecule has 0 unspecified atom stereocenters. The third-order valence-electron chi connectivity index (χ3n) is 4.26. The minimum atomic E-state index is -0.138. The fourth-order valence-electron chi connectivity index (χ4n) is 3.01. The predicted molar refractivity (Wildman–Crippen MR) is 92.7 cm³/mol. The Morgan fingerprint density at radius 1 is 1.21 bits per heavy atom. The SMILES string of the molecule is C[C@@H]1CN(C(=O)CNC(=O)Cc2cccc3ccccc23)CCO1. The summed E-state index contributed by atoms with van der Waals surface area (Å²) in [5, 5.41) is 4.92. The van der Waals surface area contributed by atoms with Gasteiger partial charge in [-0.3, -0.25) is 9.59 Å². The van der Waals surface area contributed by atoms with Gasteiger partial charge >= 0.3 is 0 Å². The maximum absolute atomic E-state index is 12.2. The van der Waals surface area contributed by atoms with Crippen LogP contribution in [0.4, 0.5) is 0 Å². The number of rotatable bonds is 4. The Hall–Kier alpha value is -2.40. The molecule has 126 valence electrons. The van der Waals surface area contributed by atoms with Gasteiger partial charge in [0, 0.05) is 13.1 Å². The van der Waals surface area contributed by atoms with Gasteiger partial charge in [0.05, 0.1) is 25.7 Å². The number of nitrogens with one attached hydrogen (secondary N) is 1. The van der Waals surface area contributed by atoms with Gasteiger partial charge < -0.3 is 15.0 Å². The molecule has 1 heterocycles. The summed E-state index contributed by atoms with van der Waals surface area (Å²) in [6, 6.07) is 13.9. The minimum Gasteiger partial charge on any atom is -0.375 e. The Labute approximate surface area is 141 Å². The van der Waals surface area contributed by atoms with Crippen molar-refractivity contribution in [3.63, 3.8) is 0 Å². The molecule has 0 aliphatic carbocycles. The first-order valence-electron chi connectivity index (χ1n) is 8.26. The normalized spacial score (nSPS) is 17.7. The van der Waals surface area contributed by atoms with Crippen molar-refractivity contribution in [3.8, 4) is 0 Å². The van der Waals surface area contributed by atoms with Crippen molar-refractivity contribution >= 4 is 22.6 Å². The summed E-state index contributed by atoms with van der Waals surface area (Å²) in [6.45, 7) is 3.70. The first-order chi connectivity index (χ1) is 11.6. The zero-order valence-electron chi connectivity index (χ0n) is 13.8. The second-order valence-corrected chi connectivity index (χ2v) is 6.11. The molecule has 0 bridgehead atoms. The largest absolute Gasteiger partial charge is 0.375 e. The molecule has 2 aromatic rings. The second kappa shape index (κ2) is 7.45. The molecule has 1 saturated heterocycles. The first kappa shape index (κ1) is 16.5. The Morgan fingerprint density at radius 2 is 2.00 bits per heavy atom. The monoisotopic (exact) mass is 326 g/mol. The molecule has 5 nitrogen and oxygen atoms in total. The molecule has 0 aromatic heterocycles. The van der Waals surface area contributed by atoms with Crippen molar-refractivity contribution in [2.24, 2.45) is 0 Å². The van der Waals surface area contributed by atoms with Crippen molar-refractivity contribution in [1.29, 1.82) is 0 Å². The van der Waals surface area contributed by atoms with Crippen LogP contribution in [0.1, 0.15) is 12.5 Å². The van der Waals surface area contributed by atoms with Crippen LogP contribution in [0.25, 0.3) is 10.8 Å². The van der Waals surface area contributed by atoms with E-state index in [2.05, 4.69) is 5.32 Å². The van der Waals surface area contributed by atoms with Crippen molar-refractivity contribution in [1.82, 2.24) is 10.2 Å². The number of ether oxygens (including phenoxy) is 1. The summed E-state index contributed by atoms with van der Waals surface area (Å²) in [5.41, 5.74) is 0.970. The van der Waals surface area contributed by atoms with E-state index in [9.17, 15) is 9.59 Å². The number of nitrogens with zero attached hydrogens (tertiary/aromatic N) is 1. The van der Waals surface area contributed by atoms with E-state index in [1.165, 1.54) is 0 Å². The van der Waals surface area contributed by atoms with Crippen molar-refractivity contribution < 1.29 is 14.3 Å². The minimum absolute atomic E-state index is 0.0380. The lowest BCUT2D eigenvalue weighted by Crippen LogP contribution is -2.48. The average Bonchev–Trinajstić information content (AvgIpc) is 2.60. The predicted octanol–water partition coefficient (Wildman–Crippen LogP) is 1.75. The molecule has 0 saturated carbocycles. The molecule has 1 atom stereocenters. The molecule has 1 aliphatic rings. The highest BCUT2D eigenvalue weighted by Crippen LogP contribution is 2.18. The molecule has 3 rings (SSSR count). The molecule has 2 aromatic carbocycles. The topological polar surface area (TPSA) is 58.6 Å². The van der Waals surface area contributed by atoms with Gasteiger partial charge in [-0.25, -0.2) is 0 Å². The molecule has 24 heavy (non-hydrogen) atoms. The van der Waals surface area contributed by atoms with E-state index in [1.54, 1.807) is 4.90 Å². The van der Waals surface area contributed by atoms with Gasteiger partial charge in [0.1, 0.15) is 0 Å². The fourth-order valence-corrected chi connectivity index (χ4v) is 3.01. The zero-order valence-corrected chi connectivity index (χ0v) is 13.8. The summed E-state index contributed by atoms with van der Waals surface area (Å²) in [6.07, 6.45) is 0.322. The maximum Gasteiger partial charge on any atom is 0.242 e. The Balaban J connectivity index is 1.56. The molecular weight excluding hydrogens is 304 g/mol. The number of carbonyl (C=O) groups excluding carboxylic acids is 2. The lowest BCUT2D eigenvalue weighted by atomic mass is 10.0. The van der Waals surface area contributed by atoms with Crippen LogP contribution in [0, 0.1) is 0 Å². The number of benzene rings is 2. The molecule has 2 amide bonds. The third-order valence-corrected chi connectivity index (χ3v) is 4.26. The molecule has 1 aliphatic heterocycles. The summed E-state index contributed by atoms with van der Waals surface area (Å²) in [4.78, 5) is 26.1. The molecule has 5 heteroatoms. The quantitative estimate of drug-likeness (QED) is 0.931. The highest BCUT2D eigenvalue weighted by atomic mass is 16.5.